The van der Waals surface area contributed by atoms with E-state index >= 15 is 0 Å². The summed E-state index contributed by atoms with van der Waals surface area (Å²) in [7, 11) is 0. The Hall–Kier alpha value is -3.94. The Labute approximate surface area is 179 Å². The van der Waals surface area contributed by atoms with E-state index in [4.69, 9.17) is 13.9 Å². The molecule has 0 saturated carbocycles. The summed E-state index contributed by atoms with van der Waals surface area (Å²) in [6.07, 6.45) is 1.45. The molecule has 0 aliphatic carbocycles. The summed E-state index contributed by atoms with van der Waals surface area (Å²) in [6, 6.07) is 15.6. The minimum absolute atomic E-state index is 0.199. The summed E-state index contributed by atoms with van der Waals surface area (Å²) in [6.45, 7) is 3.32. The summed E-state index contributed by atoms with van der Waals surface area (Å²) in [4.78, 5) is 24.3. The number of carbonyl (C=O) groups is 2. The first kappa shape index (κ1) is 20.3. The van der Waals surface area contributed by atoms with Gasteiger partial charge in [-0.25, -0.2) is 4.79 Å². The monoisotopic (exact) mass is 421 g/mol. The number of hydrogen-bond donors (Lipinski definition) is 3. The molecule has 3 N–H and O–H groups in total. The Morgan fingerprint density at radius 3 is 2.52 bits per heavy atom. The van der Waals surface area contributed by atoms with E-state index in [1.807, 2.05) is 37.3 Å². The number of anilines is 1. The molecule has 2 aromatic carbocycles. The normalized spacial score (nSPS) is 13.2. The number of rotatable bonds is 6. The Kier molecular flexibility index (Phi) is 6.07. The van der Waals surface area contributed by atoms with Gasteiger partial charge in [0.25, 0.3) is 5.91 Å². The van der Waals surface area contributed by atoms with Crippen LogP contribution in [0.1, 0.15) is 34.6 Å². The SMILES string of the molecule is C[C@@H](NC(=O)NCc1ccc(NC(=O)c2ccco2)cc1)c1ccc2c(c1)OCCO2. The number of hydrogen-bond acceptors (Lipinski definition) is 5. The van der Waals surface area contributed by atoms with Gasteiger partial charge in [-0.1, -0.05) is 18.2 Å². The lowest BCUT2D eigenvalue weighted by molar-refractivity contribution is 0.0996. The third-order valence-electron chi connectivity index (χ3n) is 4.82. The van der Waals surface area contributed by atoms with Crippen LogP contribution in [0.15, 0.2) is 65.3 Å². The second kappa shape index (κ2) is 9.25. The molecule has 0 bridgehead atoms. The minimum Gasteiger partial charge on any atom is -0.486 e. The van der Waals surface area contributed by atoms with E-state index in [1.54, 1.807) is 24.3 Å². The van der Waals surface area contributed by atoms with Crippen molar-refractivity contribution in [2.24, 2.45) is 0 Å². The first-order chi connectivity index (χ1) is 15.1. The number of urea groups is 1. The lowest BCUT2D eigenvalue weighted by Crippen LogP contribution is -2.36. The van der Waals surface area contributed by atoms with Crippen LogP contribution in [0.5, 0.6) is 11.5 Å². The van der Waals surface area contributed by atoms with Gasteiger partial charge < -0.3 is 29.8 Å². The Morgan fingerprint density at radius 1 is 1.00 bits per heavy atom. The van der Waals surface area contributed by atoms with Gasteiger partial charge in [0, 0.05) is 12.2 Å². The fourth-order valence-corrected chi connectivity index (χ4v) is 3.15. The summed E-state index contributed by atoms with van der Waals surface area (Å²) < 4.78 is 16.2. The third kappa shape index (κ3) is 5.16. The van der Waals surface area contributed by atoms with Crippen molar-refractivity contribution in [3.05, 3.63) is 77.7 Å². The molecule has 0 unspecified atom stereocenters. The number of ether oxygens (including phenoxy) is 2. The fraction of sp³-hybridized carbons (Fsp3) is 0.217. The van der Waals surface area contributed by atoms with Crippen molar-refractivity contribution >= 4 is 17.6 Å². The first-order valence-corrected chi connectivity index (χ1v) is 9.96. The number of benzene rings is 2. The van der Waals surface area contributed by atoms with Crippen LogP contribution in [0.2, 0.25) is 0 Å². The van der Waals surface area contributed by atoms with Gasteiger partial charge >= 0.3 is 6.03 Å². The number of nitrogens with one attached hydrogen (secondary N) is 3. The molecular formula is C23H23N3O5. The van der Waals surface area contributed by atoms with E-state index in [9.17, 15) is 9.59 Å². The van der Waals surface area contributed by atoms with Crippen molar-refractivity contribution in [3.8, 4) is 11.5 Å². The van der Waals surface area contributed by atoms with Crippen molar-refractivity contribution in [1.29, 1.82) is 0 Å². The van der Waals surface area contributed by atoms with Crippen LogP contribution in [0.25, 0.3) is 0 Å². The zero-order valence-corrected chi connectivity index (χ0v) is 17.0. The summed E-state index contributed by atoms with van der Waals surface area (Å²) in [5.74, 6) is 1.34. The van der Waals surface area contributed by atoms with Gasteiger partial charge in [0.2, 0.25) is 0 Å². The van der Waals surface area contributed by atoms with Gasteiger partial charge in [0.05, 0.1) is 12.3 Å². The maximum Gasteiger partial charge on any atom is 0.315 e. The summed E-state index contributed by atoms with van der Waals surface area (Å²) in [5.41, 5.74) is 2.47. The molecule has 160 valence electrons. The van der Waals surface area contributed by atoms with Crippen LogP contribution in [0.4, 0.5) is 10.5 Å². The van der Waals surface area contributed by atoms with E-state index in [0.29, 0.717) is 31.2 Å². The number of fused-ring (bicyclic) bond motifs is 1. The molecule has 1 aromatic heterocycles. The number of furan rings is 1. The van der Waals surface area contributed by atoms with Crippen LogP contribution >= 0.6 is 0 Å². The fourth-order valence-electron chi connectivity index (χ4n) is 3.15. The van der Waals surface area contributed by atoms with Crippen molar-refractivity contribution in [3.63, 3.8) is 0 Å². The number of carbonyl (C=O) groups excluding carboxylic acids is 2. The van der Waals surface area contributed by atoms with Crippen molar-refractivity contribution in [2.45, 2.75) is 19.5 Å². The molecule has 8 heteroatoms. The third-order valence-corrected chi connectivity index (χ3v) is 4.82. The Morgan fingerprint density at radius 2 is 1.77 bits per heavy atom. The van der Waals surface area contributed by atoms with Gasteiger partial charge in [-0.2, -0.15) is 0 Å². The van der Waals surface area contributed by atoms with Crippen LogP contribution in [-0.4, -0.2) is 25.2 Å². The maximum atomic E-state index is 12.3. The summed E-state index contributed by atoms with van der Waals surface area (Å²) in [5, 5.41) is 8.50. The van der Waals surface area contributed by atoms with Crippen molar-refractivity contribution < 1.29 is 23.5 Å². The second-order valence-electron chi connectivity index (χ2n) is 7.08. The van der Waals surface area contributed by atoms with E-state index in [1.165, 1.54) is 6.26 Å². The highest BCUT2D eigenvalue weighted by atomic mass is 16.6. The van der Waals surface area contributed by atoms with Gasteiger partial charge in [-0.15, -0.1) is 0 Å². The second-order valence-corrected chi connectivity index (χ2v) is 7.08. The van der Waals surface area contributed by atoms with Gasteiger partial charge in [0.15, 0.2) is 17.3 Å². The minimum atomic E-state index is -0.316. The molecule has 0 saturated heterocycles. The Balaban J connectivity index is 1.26. The average molecular weight is 421 g/mol. The molecule has 31 heavy (non-hydrogen) atoms. The van der Waals surface area contributed by atoms with Crippen molar-refractivity contribution in [1.82, 2.24) is 10.6 Å². The molecule has 1 aliphatic heterocycles. The average Bonchev–Trinajstić information content (AvgIpc) is 3.33. The van der Waals surface area contributed by atoms with E-state index < -0.39 is 0 Å². The van der Waals surface area contributed by atoms with E-state index in [2.05, 4.69) is 16.0 Å². The standard InChI is InChI=1S/C23H23N3O5/c1-15(17-6-9-19-21(13-17)31-12-11-30-19)25-23(28)24-14-16-4-7-18(8-5-16)26-22(27)20-3-2-10-29-20/h2-10,13,15H,11-12,14H2,1H3,(H,26,27)(H2,24,25,28)/t15-/m1/s1. The van der Waals surface area contributed by atoms with Crippen LogP contribution < -0.4 is 25.4 Å². The topological polar surface area (TPSA) is 102 Å². The molecule has 2 heterocycles. The zero-order chi connectivity index (χ0) is 21.6. The van der Waals surface area contributed by atoms with E-state index in [-0.39, 0.29) is 23.7 Å². The van der Waals surface area contributed by atoms with Crippen molar-refractivity contribution in [2.75, 3.05) is 18.5 Å². The lowest BCUT2D eigenvalue weighted by Gasteiger charge is -2.21. The summed E-state index contributed by atoms with van der Waals surface area (Å²) >= 11 is 0. The first-order valence-electron chi connectivity index (χ1n) is 9.96. The molecule has 0 radical (unpaired) electrons. The molecule has 3 aromatic rings. The molecule has 4 rings (SSSR count). The lowest BCUT2D eigenvalue weighted by atomic mass is 10.1. The van der Waals surface area contributed by atoms with E-state index in [0.717, 1.165) is 16.9 Å². The Bertz CT molecular complexity index is 1050. The molecule has 1 atom stereocenters. The molecular weight excluding hydrogens is 398 g/mol. The van der Waals surface area contributed by atoms with Gasteiger partial charge in [-0.05, 0) is 54.4 Å². The highest BCUT2D eigenvalue weighted by Gasteiger charge is 2.16. The van der Waals surface area contributed by atoms with Crippen LogP contribution in [0, 0.1) is 0 Å². The van der Waals surface area contributed by atoms with Crippen LogP contribution in [-0.2, 0) is 6.54 Å². The highest BCUT2D eigenvalue weighted by Crippen LogP contribution is 2.32. The quantitative estimate of drug-likeness (QED) is 0.561. The van der Waals surface area contributed by atoms with Gasteiger partial charge in [0.1, 0.15) is 13.2 Å². The predicted octanol–water partition coefficient (Wildman–Crippen LogP) is 3.86. The predicted molar refractivity (Wildman–Crippen MR) is 114 cm³/mol. The highest BCUT2D eigenvalue weighted by molar-refractivity contribution is 6.02. The largest absolute Gasteiger partial charge is 0.486 e. The number of amides is 3. The molecule has 3 amide bonds. The molecule has 0 fully saturated rings. The van der Waals surface area contributed by atoms with Crippen LogP contribution in [0.3, 0.4) is 0 Å². The molecule has 0 spiro atoms. The van der Waals surface area contributed by atoms with Gasteiger partial charge in [-0.3, -0.25) is 4.79 Å². The zero-order valence-electron chi connectivity index (χ0n) is 17.0. The molecule has 1 aliphatic rings. The molecule has 8 nitrogen and oxygen atoms in total. The maximum absolute atomic E-state index is 12.3. The smallest absolute Gasteiger partial charge is 0.315 e.